The molecule has 5 heteroatoms. The number of nitrogens with one attached hydrogen (secondary N) is 1. The Labute approximate surface area is 153 Å². The lowest BCUT2D eigenvalue weighted by molar-refractivity contribution is 0.102. The van der Waals surface area contributed by atoms with Crippen LogP contribution in [-0.4, -0.2) is 24.6 Å². The number of unbranched alkanes of at least 4 members (excludes halogenated alkanes) is 1. The number of nitrogens with zero attached hydrogens (tertiary/aromatic N) is 1. The molecule has 5 nitrogen and oxygen atoms in total. The van der Waals surface area contributed by atoms with Gasteiger partial charge in [0.2, 0.25) is 0 Å². The molecule has 0 spiro atoms. The predicted molar refractivity (Wildman–Crippen MR) is 103 cm³/mol. The third kappa shape index (κ3) is 3.77. The Bertz CT molecular complexity index is 909. The lowest BCUT2D eigenvalue weighted by atomic mass is 10.1. The molecule has 0 unspecified atom stereocenters. The molecule has 0 aliphatic carbocycles. The van der Waals surface area contributed by atoms with E-state index in [-0.39, 0.29) is 5.91 Å². The zero-order valence-electron chi connectivity index (χ0n) is 15.0. The van der Waals surface area contributed by atoms with Crippen molar-refractivity contribution in [3.8, 4) is 11.5 Å². The Balaban J connectivity index is 1.89. The smallest absolute Gasteiger partial charge is 0.259 e. The minimum Gasteiger partial charge on any atom is -0.494 e. The molecule has 0 radical (unpaired) electrons. The van der Waals surface area contributed by atoms with Gasteiger partial charge in [-0.3, -0.25) is 9.78 Å². The summed E-state index contributed by atoms with van der Waals surface area (Å²) in [5.41, 5.74) is 1.90. The fourth-order valence-corrected chi connectivity index (χ4v) is 2.72. The molecule has 134 valence electrons. The molecule has 3 rings (SSSR count). The summed E-state index contributed by atoms with van der Waals surface area (Å²) < 4.78 is 11.1. The highest BCUT2D eigenvalue weighted by molar-refractivity contribution is 6.10. The molecule has 0 saturated carbocycles. The third-order valence-corrected chi connectivity index (χ3v) is 4.09. The number of aromatic nitrogens is 1. The molecule has 2 aromatic carbocycles. The van der Waals surface area contributed by atoms with Gasteiger partial charge in [0.15, 0.2) is 0 Å². The van der Waals surface area contributed by atoms with Crippen LogP contribution in [0.25, 0.3) is 10.9 Å². The number of hydrogen-bond donors (Lipinski definition) is 1. The van der Waals surface area contributed by atoms with Crippen LogP contribution in [0.3, 0.4) is 0 Å². The van der Waals surface area contributed by atoms with Gasteiger partial charge in [-0.15, -0.1) is 0 Å². The Hall–Kier alpha value is -3.08. The first-order valence-corrected chi connectivity index (χ1v) is 8.69. The molecule has 26 heavy (non-hydrogen) atoms. The fraction of sp³-hybridized carbons (Fsp3) is 0.238. The van der Waals surface area contributed by atoms with E-state index in [2.05, 4.69) is 17.2 Å². The summed E-state index contributed by atoms with van der Waals surface area (Å²) >= 11 is 0. The quantitative estimate of drug-likeness (QED) is 0.629. The standard InChI is InChI=1S/C21H22N2O3/c1-3-4-14-26-18-10-6-5-8-16(18)21(24)23-17-11-12-19(25-2)20-15(17)9-7-13-22-20/h5-13H,3-4,14H2,1-2H3,(H,23,24). The largest absolute Gasteiger partial charge is 0.494 e. The Kier molecular flexibility index (Phi) is 5.69. The van der Waals surface area contributed by atoms with E-state index in [9.17, 15) is 4.79 Å². The van der Waals surface area contributed by atoms with E-state index in [1.54, 1.807) is 25.4 Å². The summed E-state index contributed by atoms with van der Waals surface area (Å²) in [5, 5.41) is 3.79. The Morgan fingerprint density at radius 2 is 1.92 bits per heavy atom. The van der Waals surface area contributed by atoms with Gasteiger partial charge >= 0.3 is 0 Å². The van der Waals surface area contributed by atoms with Gasteiger partial charge in [-0.05, 0) is 42.8 Å². The van der Waals surface area contributed by atoms with Crippen LogP contribution in [0.5, 0.6) is 11.5 Å². The number of para-hydroxylation sites is 1. The topological polar surface area (TPSA) is 60.5 Å². The van der Waals surface area contributed by atoms with E-state index in [1.807, 2.05) is 36.4 Å². The number of hydrogen-bond acceptors (Lipinski definition) is 4. The van der Waals surface area contributed by atoms with E-state index in [0.717, 1.165) is 18.2 Å². The minimum atomic E-state index is -0.215. The summed E-state index contributed by atoms with van der Waals surface area (Å²) in [6.07, 6.45) is 3.69. The van der Waals surface area contributed by atoms with Crippen molar-refractivity contribution in [3.05, 3.63) is 60.3 Å². The van der Waals surface area contributed by atoms with Crippen LogP contribution in [0.1, 0.15) is 30.1 Å². The first-order chi connectivity index (χ1) is 12.7. The van der Waals surface area contributed by atoms with E-state index in [0.29, 0.717) is 34.9 Å². The number of benzene rings is 2. The normalized spacial score (nSPS) is 10.5. The summed E-state index contributed by atoms with van der Waals surface area (Å²) in [6, 6.07) is 14.6. The second kappa shape index (κ2) is 8.34. The van der Waals surface area contributed by atoms with Crippen LogP contribution < -0.4 is 14.8 Å². The monoisotopic (exact) mass is 350 g/mol. The zero-order chi connectivity index (χ0) is 18.4. The first-order valence-electron chi connectivity index (χ1n) is 8.69. The number of carbonyl (C=O) groups is 1. The van der Waals surface area contributed by atoms with Gasteiger partial charge in [0.25, 0.3) is 5.91 Å². The van der Waals surface area contributed by atoms with Gasteiger partial charge in [0.05, 0.1) is 25.0 Å². The average molecular weight is 350 g/mol. The molecule has 3 aromatic rings. The second-order valence-electron chi connectivity index (χ2n) is 5.87. The maximum absolute atomic E-state index is 12.8. The number of fused-ring (bicyclic) bond motifs is 1. The number of carbonyl (C=O) groups excluding carboxylic acids is 1. The summed E-state index contributed by atoms with van der Waals surface area (Å²) in [6.45, 7) is 2.70. The second-order valence-corrected chi connectivity index (χ2v) is 5.87. The van der Waals surface area contributed by atoms with Crippen LogP contribution in [0.2, 0.25) is 0 Å². The summed E-state index contributed by atoms with van der Waals surface area (Å²) in [7, 11) is 1.60. The highest BCUT2D eigenvalue weighted by atomic mass is 16.5. The Morgan fingerprint density at radius 3 is 2.73 bits per heavy atom. The van der Waals surface area contributed by atoms with Crippen molar-refractivity contribution >= 4 is 22.5 Å². The molecule has 1 amide bonds. The van der Waals surface area contributed by atoms with Gasteiger partial charge in [-0.25, -0.2) is 0 Å². The molecule has 0 atom stereocenters. The van der Waals surface area contributed by atoms with Crippen LogP contribution in [0, 0.1) is 0 Å². The highest BCUT2D eigenvalue weighted by Crippen LogP contribution is 2.30. The predicted octanol–water partition coefficient (Wildman–Crippen LogP) is 4.67. The lowest BCUT2D eigenvalue weighted by Crippen LogP contribution is -2.14. The van der Waals surface area contributed by atoms with Crippen molar-refractivity contribution in [1.82, 2.24) is 4.98 Å². The molecule has 0 saturated heterocycles. The van der Waals surface area contributed by atoms with Gasteiger partial charge in [-0.1, -0.05) is 25.5 Å². The molecule has 1 aromatic heterocycles. The minimum absolute atomic E-state index is 0.215. The van der Waals surface area contributed by atoms with E-state index < -0.39 is 0 Å². The van der Waals surface area contributed by atoms with Gasteiger partial charge in [0.1, 0.15) is 17.0 Å². The molecule has 0 aliphatic rings. The number of pyridine rings is 1. The van der Waals surface area contributed by atoms with Crippen LogP contribution >= 0.6 is 0 Å². The molecule has 0 bridgehead atoms. The number of amides is 1. The van der Waals surface area contributed by atoms with Crippen LogP contribution in [0.4, 0.5) is 5.69 Å². The average Bonchev–Trinajstić information content (AvgIpc) is 2.69. The maximum Gasteiger partial charge on any atom is 0.259 e. The third-order valence-electron chi connectivity index (χ3n) is 4.09. The van der Waals surface area contributed by atoms with E-state index in [4.69, 9.17) is 9.47 Å². The van der Waals surface area contributed by atoms with Crippen molar-refractivity contribution in [1.29, 1.82) is 0 Å². The van der Waals surface area contributed by atoms with Crippen molar-refractivity contribution in [2.24, 2.45) is 0 Å². The molecule has 1 heterocycles. The summed E-state index contributed by atoms with van der Waals surface area (Å²) in [5.74, 6) is 1.05. The molecule has 0 fully saturated rings. The maximum atomic E-state index is 12.8. The van der Waals surface area contributed by atoms with Gasteiger partial charge < -0.3 is 14.8 Å². The molecule has 0 aliphatic heterocycles. The fourth-order valence-electron chi connectivity index (χ4n) is 2.72. The lowest BCUT2D eigenvalue weighted by Gasteiger charge is -2.13. The zero-order valence-corrected chi connectivity index (χ0v) is 15.0. The van der Waals surface area contributed by atoms with Gasteiger partial charge in [0, 0.05) is 11.6 Å². The van der Waals surface area contributed by atoms with Crippen LogP contribution in [-0.2, 0) is 0 Å². The Morgan fingerprint density at radius 1 is 1.08 bits per heavy atom. The number of rotatable bonds is 7. The first kappa shape index (κ1) is 17.7. The molecular formula is C21H22N2O3. The van der Waals surface area contributed by atoms with Gasteiger partial charge in [-0.2, -0.15) is 0 Å². The SMILES string of the molecule is CCCCOc1ccccc1C(=O)Nc1ccc(OC)c2ncccc12. The molecular weight excluding hydrogens is 328 g/mol. The van der Waals surface area contributed by atoms with Crippen molar-refractivity contribution in [3.63, 3.8) is 0 Å². The highest BCUT2D eigenvalue weighted by Gasteiger charge is 2.15. The number of methoxy groups -OCH3 is 1. The number of ether oxygens (including phenoxy) is 2. The van der Waals surface area contributed by atoms with Crippen molar-refractivity contribution in [2.75, 3.05) is 19.0 Å². The number of anilines is 1. The van der Waals surface area contributed by atoms with Crippen LogP contribution in [0.15, 0.2) is 54.7 Å². The molecule has 1 N–H and O–H groups in total. The van der Waals surface area contributed by atoms with Crippen molar-refractivity contribution in [2.45, 2.75) is 19.8 Å². The van der Waals surface area contributed by atoms with Crippen molar-refractivity contribution < 1.29 is 14.3 Å². The summed E-state index contributed by atoms with van der Waals surface area (Å²) in [4.78, 5) is 17.2. The van der Waals surface area contributed by atoms with E-state index >= 15 is 0 Å². The van der Waals surface area contributed by atoms with E-state index in [1.165, 1.54) is 0 Å².